The van der Waals surface area contributed by atoms with Crippen LogP contribution in [0.4, 0.5) is 10.1 Å². The van der Waals surface area contributed by atoms with Crippen molar-refractivity contribution in [3.63, 3.8) is 0 Å². The van der Waals surface area contributed by atoms with Crippen LogP contribution >= 0.6 is 0 Å². The molecule has 154 valence electrons. The van der Waals surface area contributed by atoms with Crippen LogP contribution in [0, 0.1) is 5.82 Å². The first-order valence-corrected chi connectivity index (χ1v) is 11.2. The molecule has 6 nitrogen and oxygen atoms in total. The molecule has 0 unspecified atom stereocenters. The van der Waals surface area contributed by atoms with Crippen LogP contribution in [0.1, 0.15) is 29.5 Å². The summed E-state index contributed by atoms with van der Waals surface area (Å²) in [7, 11) is -3.45. The standard InChI is InChI=1S/C21H24FN3O3S/c22-20-6-2-1-5-17(20)14-21(26)23-19-8-7-16-9-12-25(15-18(16)13-19)29(27,28)24-10-3-4-11-24/h1-2,5-8,13H,3-4,9-12,14-15H2,(H,23,26). The molecule has 29 heavy (non-hydrogen) atoms. The molecule has 0 atom stereocenters. The van der Waals surface area contributed by atoms with Crippen LogP contribution in [-0.4, -0.2) is 42.6 Å². The molecule has 1 amide bonds. The molecule has 0 aromatic heterocycles. The third-order valence-electron chi connectivity index (χ3n) is 5.49. The molecule has 8 heteroatoms. The lowest BCUT2D eigenvalue weighted by atomic mass is 10.0. The summed E-state index contributed by atoms with van der Waals surface area (Å²) in [5, 5.41) is 2.79. The first-order valence-electron chi connectivity index (χ1n) is 9.84. The molecule has 0 aliphatic carbocycles. The second kappa shape index (κ2) is 8.22. The summed E-state index contributed by atoms with van der Waals surface area (Å²) < 4.78 is 42.5. The molecule has 0 saturated carbocycles. The van der Waals surface area contributed by atoms with E-state index in [-0.39, 0.29) is 12.3 Å². The van der Waals surface area contributed by atoms with E-state index in [1.54, 1.807) is 22.5 Å². The number of rotatable bonds is 5. The van der Waals surface area contributed by atoms with Crippen LogP contribution < -0.4 is 5.32 Å². The Morgan fingerprint density at radius 1 is 1.00 bits per heavy atom. The predicted octanol–water partition coefficient (Wildman–Crippen LogP) is 2.71. The van der Waals surface area contributed by atoms with Gasteiger partial charge in [-0.1, -0.05) is 24.3 Å². The predicted molar refractivity (Wildman–Crippen MR) is 109 cm³/mol. The van der Waals surface area contributed by atoms with Crippen LogP contribution in [0.5, 0.6) is 0 Å². The van der Waals surface area contributed by atoms with E-state index in [2.05, 4.69) is 5.32 Å². The molecule has 2 aromatic rings. The highest BCUT2D eigenvalue weighted by molar-refractivity contribution is 7.86. The van der Waals surface area contributed by atoms with Gasteiger partial charge in [0, 0.05) is 31.9 Å². The van der Waals surface area contributed by atoms with Gasteiger partial charge in [0.15, 0.2) is 0 Å². The van der Waals surface area contributed by atoms with Crippen molar-refractivity contribution in [3.8, 4) is 0 Å². The molecule has 1 N–H and O–H groups in total. The lowest BCUT2D eigenvalue weighted by molar-refractivity contribution is -0.115. The summed E-state index contributed by atoms with van der Waals surface area (Å²) >= 11 is 0. The Morgan fingerprint density at radius 2 is 1.76 bits per heavy atom. The highest BCUT2D eigenvalue weighted by atomic mass is 32.2. The van der Waals surface area contributed by atoms with Gasteiger partial charge in [-0.3, -0.25) is 4.79 Å². The maximum atomic E-state index is 13.8. The normalized spacial score (nSPS) is 17.8. The molecule has 2 aliphatic heterocycles. The number of benzene rings is 2. The van der Waals surface area contributed by atoms with E-state index >= 15 is 0 Å². The van der Waals surface area contributed by atoms with Crippen molar-refractivity contribution in [2.24, 2.45) is 0 Å². The fourth-order valence-corrected chi connectivity index (χ4v) is 5.58. The van der Waals surface area contributed by atoms with Crippen molar-refractivity contribution in [2.45, 2.75) is 32.2 Å². The van der Waals surface area contributed by atoms with Crippen molar-refractivity contribution in [3.05, 3.63) is 65.0 Å². The number of amides is 1. The Labute approximate surface area is 170 Å². The zero-order chi connectivity index (χ0) is 20.4. The van der Waals surface area contributed by atoms with E-state index in [1.165, 1.54) is 10.4 Å². The van der Waals surface area contributed by atoms with E-state index in [4.69, 9.17) is 0 Å². The first kappa shape index (κ1) is 20.0. The van der Waals surface area contributed by atoms with Gasteiger partial charge >= 0.3 is 0 Å². The van der Waals surface area contributed by atoms with Gasteiger partial charge in [-0.25, -0.2) is 4.39 Å². The van der Waals surface area contributed by atoms with Gasteiger partial charge in [-0.2, -0.15) is 17.0 Å². The number of anilines is 1. The number of nitrogens with zero attached hydrogens (tertiary/aromatic N) is 2. The largest absolute Gasteiger partial charge is 0.326 e. The summed E-state index contributed by atoms with van der Waals surface area (Å²) in [6, 6.07) is 11.7. The van der Waals surface area contributed by atoms with Crippen LogP contribution in [-0.2, 0) is 34.4 Å². The van der Waals surface area contributed by atoms with Gasteiger partial charge in [0.05, 0.1) is 6.42 Å². The second-order valence-corrected chi connectivity index (χ2v) is 9.43. The average molecular weight is 418 g/mol. The molecular formula is C21H24FN3O3S. The summed E-state index contributed by atoms with van der Waals surface area (Å²) in [5.41, 5.74) is 2.91. The fourth-order valence-electron chi connectivity index (χ4n) is 3.91. The number of carbonyl (C=O) groups excluding carboxylic acids is 1. The van der Waals surface area contributed by atoms with Gasteiger partial charge in [0.2, 0.25) is 5.91 Å². The SMILES string of the molecule is O=C(Cc1ccccc1F)Nc1ccc2c(c1)CN(S(=O)(=O)N1CCCC1)CC2. The number of hydrogen-bond donors (Lipinski definition) is 1. The summed E-state index contributed by atoms with van der Waals surface area (Å²) in [5.74, 6) is -0.719. The maximum absolute atomic E-state index is 13.8. The Bertz CT molecular complexity index is 1020. The van der Waals surface area contributed by atoms with Crippen molar-refractivity contribution >= 4 is 21.8 Å². The van der Waals surface area contributed by atoms with Gasteiger partial charge in [-0.15, -0.1) is 0 Å². The quantitative estimate of drug-likeness (QED) is 0.813. The number of nitrogens with one attached hydrogen (secondary N) is 1. The zero-order valence-electron chi connectivity index (χ0n) is 16.1. The number of halogens is 1. The Kier molecular flexibility index (Phi) is 5.67. The molecule has 2 aromatic carbocycles. The van der Waals surface area contributed by atoms with E-state index in [0.29, 0.717) is 43.9 Å². The number of fused-ring (bicyclic) bond motifs is 1. The lowest BCUT2D eigenvalue weighted by Crippen LogP contribution is -2.44. The van der Waals surface area contributed by atoms with Crippen LogP contribution in [0.25, 0.3) is 0 Å². The van der Waals surface area contributed by atoms with Crippen molar-refractivity contribution in [1.29, 1.82) is 0 Å². The topological polar surface area (TPSA) is 69.7 Å². The van der Waals surface area contributed by atoms with E-state index in [9.17, 15) is 17.6 Å². The maximum Gasteiger partial charge on any atom is 0.282 e. The highest BCUT2D eigenvalue weighted by Gasteiger charge is 2.33. The smallest absolute Gasteiger partial charge is 0.282 e. The Hall–Kier alpha value is -2.29. The molecule has 0 bridgehead atoms. The molecule has 0 spiro atoms. The van der Waals surface area contributed by atoms with Crippen molar-refractivity contribution < 1.29 is 17.6 Å². The molecule has 2 aliphatic rings. The molecule has 2 heterocycles. The zero-order valence-corrected chi connectivity index (χ0v) is 16.9. The van der Waals surface area contributed by atoms with Crippen LogP contribution in [0.3, 0.4) is 0 Å². The molecule has 1 saturated heterocycles. The number of hydrogen-bond acceptors (Lipinski definition) is 3. The minimum Gasteiger partial charge on any atom is -0.326 e. The van der Waals surface area contributed by atoms with E-state index < -0.39 is 16.0 Å². The molecular weight excluding hydrogens is 393 g/mol. The third-order valence-corrected chi connectivity index (χ3v) is 7.48. The van der Waals surface area contributed by atoms with Gasteiger partial charge in [0.25, 0.3) is 10.2 Å². The minimum absolute atomic E-state index is 0.0563. The first-order chi connectivity index (χ1) is 13.9. The second-order valence-electron chi connectivity index (χ2n) is 7.50. The highest BCUT2D eigenvalue weighted by Crippen LogP contribution is 2.27. The van der Waals surface area contributed by atoms with Crippen LogP contribution in [0.2, 0.25) is 0 Å². The number of carbonyl (C=O) groups is 1. The van der Waals surface area contributed by atoms with E-state index in [0.717, 1.165) is 24.0 Å². The van der Waals surface area contributed by atoms with Gasteiger partial charge in [-0.05, 0) is 54.2 Å². The van der Waals surface area contributed by atoms with E-state index in [1.807, 2.05) is 18.2 Å². The van der Waals surface area contributed by atoms with Crippen LogP contribution in [0.15, 0.2) is 42.5 Å². The molecule has 0 radical (unpaired) electrons. The van der Waals surface area contributed by atoms with Gasteiger partial charge < -0.3 is 5.32 Å². The average Bonchev–Trinajstić information content (AvgIpc) is 3.25. The lowest BCUT2D eigenvalue weighted by Gasteiger charge is -2.31. The van der Waals surface area contributed by atoms with Gasteiger partial charge in [0.1, 0.15) is 5.82 Å². The monoisotopic (exact) mass is 417 g/mol. The van der Waals surface area contributed by atoms with Crippen molar-refractivity contribution in [1.82, 2.24) is 8.61 Å². The Balaban J connectivity index is 1.46. The van der Waals surface area contributed by atoms with Crippen molar-refractivity contribution in [2.75, 3.05) is 25.0 Å². The molecule has 1 fully saturated rings. The fraction of sp³-hybridized carbons (Fsp3) is 0.381. The Morgan fingerprint density at radius 3 is 2.52 bits per heavy atom. The minimum atomic E-state index is -3.45. The summed E-state index contributed by atoms with van der Waals surface area (Å²) in [6.07, 6.45) is 2.40. The summed E-state index contributed by atoms with van der Waals surface area (Å²) in [6.45, 7) is 1.92. The molecule has 4 rings (SSSR count). The third kappa shape index (κ3) is 4.34. The summed E-state index contributed by atoms with van der Waals surface area (Å²) in [4.78, 5) is 12.3.